The summed E-state index contributed by atoms with van der Waals surface area (Å²) >= 11 is 1.73. The highest BCUT2D eigenvalue weighted by atomic mass is 32.2. The van der Waals surface area contributed by atoms with Gasteiger partial charge in [-0.3, -0.25) is 4.79 Å². The molecule has 2 aliphatic rings. The lowest BCUT2D eigenvalue weighted by Crippen LogP contribution is -2.23. The van der Waals surface area contributed by atoms with Crippen molar-refractivity contribution in [2.75, 3.05) is 11.1 Å². The molecule has 5 rings (SSSR count). The molecule has 1 aliphatic carbocycles. The number of hydrogen-bond donors (Lipinski definition) is 2. The topological polar surface area (TPSA) is 75.3 Å². The molecule has 0 bridgehead atoms. The van der Waals surface area contributed by atoms with Crippen molar-refractivity contribution >= 4 is 38.9 Å². The second-order valence-electron chi connectivity index (χ2n) is 8.20. The maximum atomic E-state index is 12.7. The molecule has 0 saturated heterocycles. The van der Waals surface area contributed by atoms with E-state index in [2.05, 4.69) is 28.8 Å². The number of nitrogens with one attached hydrogen (secondary N) is 2. The molecule has 1 aliphatic heterocycles. The van der Waals surface area contributed by atoms with E-state index in [4.69, 9.17) is 0 Å². The largest absolute Gasteiger partial charge is 0.354 e. The summed E-state index contributed by atoms with van der Waals surface area (Å²) in [7, 11) is -3.22. The Balaban J connectivity index is 1.26. The van der Waals surface area contributed by atoms with Gasteiger partial charge in [0.05, 0.1) is 22.0 Å². The number of sulfone groups is 1. The van der Waals surface area contributed by atoms with Gasteiger partial charge in [0.15, 0.2) is 9.84 Å². The van der Waals surface area contributed by atoms with E-state index < -0.39 is 9.84 Å². The van der Waals surface area contributed by atoms with Crippen molar-refractivity contribution in [2.24, 2.45) is 0 Å². The van der Waals surface area contributed by atoms with E-state index in [1.807, 2.05) is 18.2 Å². The third kappa shape index (κ3) is 4.27. The van der Waals surface area contributed by atoms with Crippen LogP contribution in [0, 0.1) is 0 Å². The average Bonchev–Trinajstić information content (AvgIpc) is 3.66. The minimum absolute atomic E-state index is 0.0693. The number of fused-ring (bicyclic) bond motifs is 2. The van der Waals surface area contributed by atoms with E-state index in [-0.39, 0.29) is 11.7 Å². The number of carbonyl (C=O) groups excluding carboxylic acids is 1. The van der Waals surface area contributed by atoms with Gasteiger partial charge in [0.1, 0.15) is 0 Å². The van der Waals surface area contributed by atoms with E-state index in [9.17, 15) is 13.2 Å². The standard InChI is InChI=1S/C25H24N2O3S2/c1-2-32(29,30)20-9-3-16(4-10-20)15-26-25(28)19-8-12-23-22(13-19)27-21-11-7-18(17-5-6-17)14-24(21)31-23/h3-4,7-14,17,27H,2,5-6,15H2,1H3,(H,26,28). The van der Waals surface area contributed by atoms with Gasteiger partial charge < -0.3 is 10.6 Å². The van der Waals surface area contributed by atoms with Gasteiger partial charge in [0.25, 0.3) is 5.91 Å². The summed E-state index contributed by atoms with van der Waals surface area (Å²) in [5.41, 5.74) is 4.85. The second kappa shape index (κ2) is 8.30. The molecule has 2 N–H and O–H groups in total. The van der Waals surface area contributed by atoms with Crippen LogP contribution in [0.15, 0.2) is 75.4 Å². The van der Waals surface area contributed by atoms with Crippen LogP contribution in [0.5, 0.6) is 0 Å². The molecule has 3 aromatic carbocycles. The first-order valence-electron chi connectivity index (χ1n) is 10.8. The lowest BCUT2D eigenvalue weighted by molar-refractivity contribution is 0.0951. The third-order valence-corrected chi connectivity index (χ3v) is 8.79. The molecule has 1 fully saturated rings. The molecule has 164 valence electrons. The molecule has 32 heavy (non-hydrogen) atoms. The van der Waals surface area contributed by atoms with Gasteiger partial charge in [-0.2, -0.15) is 0 Å². The summed E-state index contributed by atoms with van der Waals surface area (Å²) in [4.78, 5) is 15.3. The summed E-state index contributed by atoms with van der Waals surface area (Å²) in [6.07, 6.45) is 2.57. The smallest absolute Gasteiger partial charge is 0.251 e. The Bertz CT molecular complexity index is 1300. The summed E-state index contributed by atoms with van der Waals surface area (Å²) in [6, 6.07) is 19.0. The van der Waals surface area contributed by atoms with Crippen LogP contribution in [0.3, 0.4) is 0 Å². The molecule has 3 aromatic rings. The van der Waals surface area contributed by atoms with Crippen molar-refractivity contribution in [3.63, 3.8) is 0 Å². The second-order valence-corrected chi connectivity index (χ2v) is 11.6. The van der Waals surface area contributed by atoms with Crippen LogP contribution in [0.4, 0.5) is 11.4 Å². The Labute approximate surface area is 192 Å². The van der Waals surface area contributed by atoms with Gasteiger partial charge >= 0.3 is 0 Å². The Kier molecular flexibility index (Phi) is 5.47. The third-order valence-electron chi connectivity index (χ3n) is 5.90. The lowest BCUT2D eigenvalue weighted by atomic mass is 10.1. The Morgan fingerprint density at radius 1 is 1.00 bits per heavy atom. The van der Waals surface area contributed by atoms with Crippen LogP contribution in [0.2, 0.25) is 0 Å². The van der Waals surface area contributed by atoms with Gasteiger partial charge in [-0.25, -0.2) is 8.42 Å². The van der Waals surface area contributed by atoms with Crippen LogP contribution in [-0.2, 0) is 16.4 Å². The number of carbonyl (C=O) groups is 1. The molecule has 0 atom stereocenters. The van der Waals surface area contributed by atoms with Crippen LogP contribution in [0.1, 0.15) is 47.2 Å². The lowest BCUT2D eigenvalue weighted by Gasteiger charge is -2.22. The van der Waals surface area contributed by atoms with E-state index in [1.54, 1.807) is 43.0 Å². The zero-order valence-corrected chi connectivity index (χ0v) is 19.4. The highest BCUT2D eigenvalue weighted by Crippen LogP contribution is 2.48. The number of rotatable bonds is 6. The van der Waals surface area contributed by atoms with Gasteiger partial charge in [0.2, 0.25) is 0 Å². The summed E-state index contributed by atoms with van der Waals surface area (Å²) in [5, 5.41) is 6.38. The van der Waals surface area contributed by atoms with Crippen LogP contribution < -0.4 is 10.6 Å². The molecule has 1 heterocycles. The molecule has 0 spiro atoms. The molecule has 7 heteroatoms. The zero-order chi connectivity index (χ0) is 22.3. The number of benzene rings is 3. The molecular formula is C25H24N2O3S2. The zero-order valence-electron chi connectivity index (χ0n) is 17.7. The van der Waals surface area contributed by atoms with Gasteiger partial charge in [-0.05, 0) is 72.4 Å². The normalized spacial score (nSPS) is 14.8. The maximum Gasteiger partial charge on any atom is 0.251 e. The van der Waals surface area contributed by atoms with Crippen molar-refractivity contribution in [1.82, 2.24) is 5.32 Å². The van der Waals surface area contributed by atoms with Gasteiger partial charge in [-0.15, -0.1) is 0 Å². The van der Waals surface area contributed by atoms with Gasteiger partial charge in [0, 0.05) is 21.9 Å². The molecule has 1 saturated carbocycles. The van der Waals surface area contributed by atoms with Crippen molar-refractivity contribution in [3.8, 4) is 0 Å². The number of anilines is 2. The van der Waals surface area contributed by atoms with Crippen molar-refractivity contribution in [3.05, 3.63) is 77.4 Å². The van der Waals surface area contributed by atoms with Crippen molar-refractivity contribution in [2.45, 2.75) is 46.9 Å². The van der Waals surface area contributed by atoms with E-state index in [0.717, 1.165) is 27.8 Å². The average molecular weight is 465 g/mol. The predicted octanol–water partition coefficient (Wildman–Crippen LogP) is 5.50. The highest BCUT2D eigenvalue weighted by Gasteiger charge is 2.25. The van der Waals surface area contributed by atoms with Crippen molar-refractivity contribution < 1.29 is 13.2 Å². The molecule has 1 amide bonds. The van der Waals surface area contributed by atoms with Crippen LogP contribution in [-0.4, -0.2) is 20.1 Å². The summed E-state index contributed by atoms with van der Waals surface area (Å²) < 4.78 is 23.9. The van der Waals surface area contributed by atoms with Gasteiger partial charge in [-0.1, -0.05) is 36.9 Å². The molecule has 0 unspecified atom stereocenters. The fraction of sp³-hybridized carbons (Fsp3) is 0.240. The van der Waals surface area contributed by atoms with Crippen LogP contribution in [0.25, 0.3) is 0 Å². The van der Waals surface area contributed by atoms with E-state index >= 15 is 0 Å². The number of amides is 1. The maximum absolute atomic E-state index is 12.7. The molecule has 0 aromatic heterocycles. The number of hydrogen-bond acceptors (Lipinski definition) is 5. The fourth-order valence-corrected chi connectivity index (χ4v) is 5.69. The molecule has 5 nitrogen and oxygen atoms in total. The first-order chi connectivity index (χ1) is 15.4. The molecular weight excluding hydrogens is 440 g/mol. The van der Waals surface area contributed by atoms with Crippen molar-refractivity contribution in [1.29, 1.82) is 0 Å². The molecule has 0 radical (unpaired) electrons. The first kappa shape index (κ1) is 21.1. The minimum atomic E-state index is -3.22. The van der Waals surface area contributed by atoms with E-state index in [1.165, 1.54) is 23.3 Å². The Hall–Kier alpha value is -2.77. The predicted molar refractivity (Wildman–Crippen MR) is 128 cm³/mol. The summed E-state index contributed by atoms with van der Waals surface area (Å²) in [6.45, 7) is 1.96. The van der Waals surface area contributed by atoms with Crippen LogP contribution >= 0.6 is 11.8 Å². The minimum Gasteiger partial charge on any atom is -0.354 e. The summed E-state index contributed by atoms with van der Waals surface area (Å²) in [5.74, 6) is 0.625. The fourth-order valence-electron chi connectivity index (χ4n) is 3.78. The van der Waals surface area contributed by atoms with E-state index in [0.29, 0.717) is 17.0 Å². The Morgan fingerprint density at radius 3 is 2.50 bits per heavy atom. The Morgan fingerprint density at radius 2 is 1.78 bits per heavy atom. The monoisotopic (exact) mass is 464 g/mol. The first-order valence-corrected chi connectivity index (χ1v) is 13.2. The highest BCUT2D eigenvalue weighted by molar-refractivity contribution is 7.99. The SMILES string of the molecule is CCS(=O)(=O)c1ccc(CNC(=O)c2ccc3c(c2)Nc2ccc(C4CC4)cc2S3)cc1. The quantitative estimate of drug-likeness (QED) is 0.394.